The summed E-state index contributed by atoms with van der Waals surface area (Å²) in [4.78, 5) is 15.8. The number of benzene rings is 3. The molecule has 2 N–H and O–H groups in total. The molecule has 0 atom stereocenters. The zero-order valence-electron chi connectivity index (χ0n) is 20.3. The molecule has 8 nitrogen and oxygen atoms in total. The lowest BCUT2D eigenvalue weighted by atomic mass is 10.0. The number of aromatic nitrogens is 3. The van der Waals surface area contributed by atoms with E-state index in [1.54, 1.807) is 38.5 Å². The van der Waals surface area contributed by atoms with E-state index in [9.17, 15) is 9.90 Å². The number of aryl methyl sites for hydroxylation is 1. The molecular weight excluding hydrogens is 490 g/mol. The first-order chi connectivity index (χ1) is 18.0. The lowest BCUT2D eigenvalue weighted by Crippen LogP contribution is -1.97. The van der Waals surface area contributed by atoms with Crippen LogP contribution in [0, 0.1) is 6.92 Å². The minimum Gasteiger partial charge on any atom is -0.497 e. The minimum absolute atomic E-state index is 0.0398. The molecule has 9 heteroatoms. The van der Waals surface area contributed by atoms with Gasteiger partial charge in [-0.2, -0.15) is 0 Å². The number of carbonyl (C=O) groups is 1. The van der Waals surface area contributed by atoms with Crippen molar-refractivity contribution in [2.75, 3.05) is 14.2 Å². The molecule has 0 unspecified atom stereocenters. The highest BCUT2D eigenvalue weighted by Gasteiger charge is 2.20. The van der Waals surface area contributed by atoms with Gasteiger partial charge in [-0.3, -0.25) is 0 Å². The standard InChI is InChI=1S/C28H23N3O5S/c1-16-8-7-11-21-22(25(29-24(16)21)17-9-5-4-6-10-17)15-23(27(32)33)37-28-31-30-26(36-28)18-12-19(34-2)14-20(13-18)35-3/h4-15,29H,1-3H3,(H,32,33)/b23-15-. The quantitative estimate of drug-likeness (QED) is 0.180. The third kappa shape index (κ3) is 4.94. The second-order valence-corrected chi connectivity index (χ2v) is 9.16. The Morgan fingerprint density at radius 2 is 1.70 bits per heavy atom. The van der Waals surface area contributed by atoms with E-state index >= 15 is 0 Å². The molecule has 0 radical (unpaired) electrons. The second-order valence-electron chi connectivity index (χ2n) is 8.17. The molecule has 0 spiro atoms. The molecule has 186 valence electrons. The smallest absolute Gasteiger partial charge is 0.342 e. The van der Waals surface area contributed by atoms with Crippen LogP contribution in [0.25, 0.3) is 39.7 Å². The average molecular weight is 514 g/mol. The lowest BCUT2D eigenvalue weighted by Gasteiger charge is -2.05. The lowest BCUT2D eigenvalue weighted by molar-refractivity contribution is -0.131. The number of ether oxygens (including phenoxy) is 2. The SMILES string of the molecule is COc1cc(OC)cc(-c2nnc(S/C(=C\c3c(-c4ccccc4)[nH]c4c(C)cccc34)C(=O)O)o2)c1. The van der Waals surface area contributed by atoms with Gasteiger partial charge in [0.1, 0.15) is 16.4 Å². The van der Waals surface area contributed by atoms with E-state index in [0.717, 1.165) is 45.0 Å². The number of hydrogen-bond acceptors (Lipinski definition) is 7. The Hall–Kier alpha value is -4.50. The zero-order chi connectivity index (χ0) is 25.9. The number of thioether (sulfide) groups is 1. The highest BCUT2D eigenvalue weighted by Crippen LogP contribution is 2.37. The summed E-state index contributed by atoms with van der Waals surface area (Å²) >= 11 is 0.892. The maximum Gasteiger partial charge on any atom is 0.342 e. The minimum atomic E-state index is -1.10. The molecule has 3 aromatic carbocycles. The Bertz CT molecular complexity index is 1600. The molecule has 0 fully saturated rings. The first-order valence-corrected chi connectivity index (χ1v) is 12.1. The number of carboxylic acids is 1. The van der Waals surface area contributed by atoms with Crippen LogP contribution in [0.2, 0.25) is 0 Å². The van der Waals surface area contributed by atoms with Gasteiger partial charge in [0.25, 0.3) is 5.22 Å². The molecule has 0 aliphatic heterocycles. The molecule has 2 aromatic heterocycles. The van der Waals surface area contributed by atoms with Gasteiger partial charge in [0.2, 0.25) is 5.89 Å². The summed E-state index contributed by atoms with van der Waals surface area (Å²) in [5, 5.41) is 19.2. The number of aliphatic carboxylic acids is 1. The van der Waals surface area contributed by atoms with Gasteiger partial charge >= 0.3 is 5.97 Å². The summed E-state index contributed by atoms with van der Waals surface area (Å²) in [6, 6.07) is 20.9. The van der Waals surface area contributed by atoms with Crippen molar-refractivity contribution in [3.63, 3.8) is 0 Å². The molecule has 0 aliphatic carbocycles. The van der Waals surface area contributed by atoms with Gasteiger partial charge in [-0.05, 0) is 48.0 Å². The van der Waals surface area contributed by atoms with Crippen molar-refractivity contribution in [2.24, 2.45) is 0 Å². The van der Waals surface area contributed by atoms with Crippen LogP contribution in [0.5, 0.6) is 11.5 Å². The Balaban J connectivity index is 1.55. The van der Waals surface area contributed by atoms with Crippen LogP contribution in [-0.4, -0.2) is 40.5 Å². The molecule has 0 amide bonds. The number of methoxy groups -OCH3 is 2. The number of aromatic amines is 1. The van der Waals surface area contributed by atoms with Crippen LogP contribution >= 0.6 is 11.8 Å². The average Bonchev–Trinajstić information content (AvgIpc) is 3.54. The van der Waals surface area contributed by atoms with Crippen LogP contribution in [0.15, 0.2) is 81.3 Å². The largest absolute Gasteiger partial charge is 0.497 e. The number of rotatable bonds is 8. The van der Waals surface area contributed by atoms with E-state index in [-0.39, 0.29) is 16.0 Å². The van der Waals surface area contributed by atoms with Gasteiger partial charge in [-0.25, -0.2) is 4.79 Å². The fourth-order valence-corrected chi connectivity index (χ4v) is 4.68. The van der Waals surface area contributed by atoms with Gasteiger partial charge in [-0.15, -0.1) is 10.2 Å². The Morgan fingerprint density at radius 1 is 0.973 bits per heavy atom. The summed E-state index contributed by atoms with van der Waals surface area (Å²) in [5.74, 6) is 0.248. The molecule has 37 heavy (non-hydrogen) atoms. The molecular formula is C28H23N3O5S. The number of fused-ring (bicyclic) bond motifs is 1. The summed E-state index contributed by atoms with van der Waals surface area (Å²) in [6.07, 6.45) is 1.64. The van der Waals surface area contributed by atoms with E-state index in [4.69, 9.17) is 13.9 Å². The summed E-state index contributed by atoms with van der Waals surface area (Å²) in [5.41, 5.74) is 5.16. The molecule has 0 saturated heterocycles. The van der Waals surface area contributed by atoms with Crippen LogP contribution < -0.4 is 9.47 Å². The predicted octanol–water partition coefficient (Wildman–Crippen LogP) is 6.43. The highest BCUT2D eigenvalue weighted by atomic mass is 32.2. The summed E-state index contributed by atoms with van der Waals surface area (Å²) < 4.78 is 16.4. The summed E-state index contributed by atoms with van der Waals surface area (Å²) in [7, 11) is 3.10. The fourth-order valence-electron chi connectivity index (χ4n) is 4.03. The molecule has 5 aromatic rings. The molecule has 0 saturated carbocycles. The van der Waals surface area contributed by atoms with Crippen molar-refractivity contribution in [1.29, 1.82) is 0 Å². The monoisotopic (exact) mass is 513 g/mol. The van der Waals surface area contributed by atoms with E-state index < -0.39 is 5.97 Å². The third-order valence-electron chi connectivity index (χ3n) is 5.83. The van der Waals surface area contributed by atoms with E-state index in [1.807, 2.05) is 55.5 Å². The summed E-state index contributed by atoms with van der Waals surface area (Å²) in [6.45, 7) is 2.02. The Kier molecular flexibility index (Phi) is 6.70. The normalized spacial score (nSPS) is 11.6. The number of H-pyrrole nitrogens is 1. The Labute approximate surface area is 217 Å². The number of nitrogens with zero attached hydrogens (tertiary/aromatic N) is 2. The van der Waals surface area contributed by atoms with Crippen molar-refractivity contribution in [3.8, 4) is 34.2 Å². The van der Waals surface area contributed by atoms with Crippen LogP contribution in [0.4, 0.5) is 0 Å². The van der Waals surface area contributed by atoms with Gasteiger partial charge in [0.15, 0.2) is 0 Å². The topological polar surface area (TPSA) is 110 Å². The molecule has 2 heterocycles. The fraction of sp³-hybridized carbons (Fsp3) is 0.107. The number of nitrogens with one attached hydrogen (secondary N) is 1. The van der Waals surface area contributed by atoms with Crippen molar-refractivity contribution in [1.82, 2.24) is 15.2 Å². The zero-order valence-corrected chi connectivity index (χ0v) is 21.1. The maximum atomic E-state index is 12.3. The van der Waals surface area contributed by atoms with Crippen LogP contribution in [0.3, 0.4) is 0 Å². The van der Waals surface area contributed by atoms with E-state index in [2.05, 4.69) is 15.2 Å². The Morgan fingerprint density at radius 3 is 2.38 bits per heavy atom. The highest BCUT2D eigenvalue weighted by molar-refractivity contribution is 8.03. The van der Waals surface area contributed by atoms with Crippen LogP contribution in [-0.2, 0) is 4.79 Å². The third-order valence-corrected chi connectivity index (χ3v) is 6.69. The maximum absolute atomic E-state index is 12.3. The van der Waals surface area contributed by atoms with Crippen molar-refractivity contribution in [3.05, 3.63) is 82.8 Å². The van der Waals surface area contributed by atoms with Crippen LogP contribution in [0.1, 0.15) is 11.1 Å². The molecule has 5 rings (SSSR count). The number of para-hydroxylation sites is 1. The number of carboxylic acid groups (broad SMARTS) is 1. The van der Waals surface area contributed by atoms with Crippen molar-refractivity contribution >= 4 is 34.7 Å². The first kappa shape index (κ1) is 24.2. The first-order valence-electron chi connectivity index (χ1n) is 11.3. The second kappa shape index (κ2) is 10.2. The van der Waals surface area contributed by atoms with Gasteiger partial charge in [-0.1, -0.05) is 48.5 Å². The predicted molar refractivity (Wildman–Crippen MR) is 143 cm³/mol. The van der Waals surface area contributed by atoms with Gasteiger partial charge in [0.05, 0.1) is 19.9 Å². The van der Waals surface area contributed by atoms with E-state index in [1.165, 1.54) is 0 Å². The van der Waals surface area contributed by atoms with E-state index in [0.29, 0.717) is 17.1 Å². The van der Waals surface area contributed by atoms with Crippen molar-refractivity contribution < 1.29 is 23.8 Å². The molecule has 0 bridgehead atoms. The van der Waals surface area contributed by atoms with Gasteiger partial charge < -0.3 is 24.0 Å². The number of hydrogen-bond donors (Lipinski definition) is 2. The van der Waals surface area contributed by atoms with Gasteiger partial charge in [0, 0.05) is 28.1 Å². The molecule has 0 aliphatic rings. The van der Waals surface area contributed by atoms with Crippen molar-refractivity contribution in [2.45, 2.75) is 12.1 Å².